The van der Waals surface area contributed by atoms with Gasteiger partial charge in [0.1, 0.15) is 23.7 Å². The Morgan fingerprint density at radius 3 is 2.66 bits per heavy atom. The lowest BCUT2D eigenvalue weighted by molar-refractivity contribution is -0.165. The highest BCUT2D eigenvalue weighted by Crippen LogP contribution is 2.54. The van der Waals surface area contributed by atoms with Gasteiger partial charge in [0, 0.05) is 43.7 Å². The van der Waals surface area contributed by atoms with Gasteiger partial charge in [0.05, 0.1) is 23.5 Å². The maximum atomic E-state index is 14.4. The molecule has 14 heteroatoms. The monoisotopic (exact) mass is 635 g/mol. The summed E-state index contributed by atoms with van der Waals surface area (Å²) in [5.74, 6) is -2.23. The van der Waals surface area contributed by atoms with Crippen LogP contribution in [0, 0.1) is 16.7 Å². The number of fused-ring (bicyclic) bond motifs is 1. The topological polar surface area (TPSA) is 138 Å². The highest BCUT2D eigenvalue weighted by molar-refractivity contribution is 6.31. The van der Waals surface area contributed by atoms with Crippen LogP contribution in [0.5, 0.6) is 5.75 Å². The van der Waals surface area contributed by atoms with Gasteiger partial charge in [-0.15, -0.1) is 5.10 Å². The Labute approximate surface area is 258 Å². The molecule has 2 aliphatic heterocycles. The molecule has 2 saturated carbocycles. The lowest BCUT2D eigenvalue weighted by Gasteiger charge is -2.46. The molecular weight excluding hydrogens is 600 g/mol. The first kappa shape index (κ1) is 30.7. The van der Waals surface area contributed by atoms with Crippen molar-refractivity contribution in [2.24, 2.45) is 23.8 Å². The number of aromatic nitrogens is 3. The van der Waals surface area contributed by atoms with Gasteiger partial charge >= 0.3 is 5.97 Å². The highest BCUT2D eigenvalue weighted by atomic mass is 35.5. The Balaban J connectivity index is 1.39. The van der Waals surface area contributed by atoms with Crippen molar-refractivity contribution in [3.8, 4) is 5.75 Å². The molecule has 2 N–H and O–H groups in total. The first-order valence-electron chi connectivity index (χ1n) is 14.9. The van der Waals surface area contributed by atoms with Crippen molar-refractivity contribution < 1.29 is 38.1 Å². The zero-order valence-electron chi connectivity index (χ0n) is 24.6. The number of ether oxygens (including phenoxy) is 1. The molecule has 0 unspecified atom stereocenters. The number of hydrogen-bond acceptors (Lipinski definition) is 7. The van der Waals surface area contributed by atoms with Crippen molar-refractivity contribution >= 4 is 29.4 Å². The van der Waals surface area contributed by atoms with Crippen LogP contribution in [0.3, 0.4) is 0 Å². The van der Waals surface area contributed by atoms with Gasteiger partial charge in [0.25, 0.3) is 6.43 Å². The minimum absolute atomic E-state index is 0.00541. The van der Waals surface area contributed by atoms with E-state index in [-0.39, 0.29) is 61.7 Å². The summed E-state index contributed by atoms with van der Waals surface area (Å²) in [5, 5.41) is 28.6. The van der Waals surface area contributed by atoms with E-state index in [0.29, 0.717) is 41.3 Å². The van der Waals surface area contributed by atoms with Gasteiger partial charge in [-0.25, -0.2) is 13.5 Å². The minimum Gasteiger partial charge on any atom is -0.487 e. The summed E-state index contributed by atoms with van der Waals surface area (Å²) in [6.45, 7) is 2.14. The van der Waals surface area contributed by atoms with Crippen molar-refractivity contribution in [2.75, 3.05) is 19.6 Å². The predicted molar refractivity (Wildman–Crippen MR) is 152 cm³/mol. The van der Waals surface area contributed by atoms with E-state index in [4.69, 9.17) is 16.3 Å². The number of aliphatic hydroxyl groups is 1. The number of benzene rings is 1. The Morgan fingerprint density at radius 2 is 2.00 bits per heavy atom. The number of amides is 2. The molecule has 1 aromatic carbocycles. The molecular formula is C30H36ClF2N5O6. The molecule has 4 atom stereocenters. The first-order chi connectivity index (χ1) is 20.8. The Bertz CT molecular complexity index is 1500. The maximum Gasteiger partial charge on any atom is 0.310 e. The predicted octanol–water partition coefficient (Wildman–Crippen LogP) is 3.68. The number of nitrogens with zero attached hydrogens (tertiary/aromatic N) is 5. The molecule has 44 heavy (non-hydrogen) atoms. The zero-order chi connectivity index (χ0) is 31.6. The Morgan fingerprint density at radius 1 is 1.25 bits per heavy atom. The number of aliphatic carboxylic acids is 1. The van der Waals surface area contributed by atoms with Crippen LogP contribution in [-0.2, 0) is 34.5 Å². The summed E-state index contributed by atoms with van der Waals surface area (Å²) in [6.07, 6.45) is -0.517. The fourth-order valence-electron chi connectivity index (χ4n) is 7.27. The van der Waals surface area contributed by atoms with Gasteiger partial charge in [-0.3, -0.25) is 14.4 Å². The Kier molecular flexibility index (Phi) is 7.84. The number of hydrogen-bond donors (Lipinski definition) is 2. The first-order valence-corrected chi connectivity index (χ1v) is 15.3. The van der Waals surface area contributed by atoms with Crippen LogP contribution in [0.4, 0.5) is 8.78 Å². The van der Waals surface area contributed by atoms with E-state index in [1.54, 1.807) is 28.9 Å². The van der Waals surface area contributed by atoms with Crippen LogP contribution in [0.25, 0.3) is 0 Å². The van der Waals surface area contributed by atoms with Crippen molar-refractivity contribution in [3.05, 3.63) is 39.7 Å². The van der Waals surface area contributed by atoms with E-state index in [1.165, 1.54) is 7.05 Å². The molecule has 1 saturated heterocycles. The second-order valence-electron chi connectivity index (χ2n) is 13.0. The third-order valence-electron chi connectivity index (χ3n) is 10.2. The van der Waals surface area contributed by atoms with Crippen LogP contribution in [-0.4, -0.2) is 78.5 Å². The lowest BCUT2D eigenvalue weighted by Crippen LogP contribution is -2.54. The molecule has 4 aliphatic rings. The smallest absolute Gasteiger partial charge is 0.310 e. The maximum absolute atomic E-state index is 14.4. The molecule has 2 aromatic rings. The zero-order valence-corrected chi connectivity index (χ0v) is 25.4. The standard InChI is InChI=1S/C30H36ClF2N5O6/c1-29(28(42)43)7-5-16(39)11-18(29)27(41)38-10-6-17-19(31)3-4-22(44-14-20-25(26(32)33)36(2)35-34-20)24(17)21(38)13-37-15-30(8-9-30)12-23(37)40/h3-4,16,18,21,26,39H,5-15H2,1-2H3,(H,42,43)/t16-,18+,21-,29+/m1/s1. The van der Waals surface area contributed by atoms with Crippen LogP contribution in [0.15, 0.2) is 12.1 Å². The molecule has 1 spiro atoms. The minimum atomic E-state index is -2.82. The molecule has 238 valence electrons. The lowest BCUT2D eigenvalue weighted by atomic mass is 9.65. The number of halogens is 3. The number of alkyl halides is 2. The molecule has 1 aromatic heterocycles. The molecule has 6 rings (SSSR count). The summed E-state index contributed by atoms with van der Waals surface area (Å²) in [7, 11) is 1.37. The van der Waals surface area contributed by atoms with Crippen molar-refractivity contribution in [2.45, 2.75) is 77.0 Å². The molecule has 11 nitrogen and oxygen atoms in total. The van der Waals surface area contributed by atoms with Gasteiger partial charge in [-0.05, 0) is 68.6 Å². The number of aryl methyl sites for hydroxylation is 1. The summed E-state index contributed by atoms with van der Waals surface area (Å²) < 4.78 is 34.5. The van der Waals surface area contributed by atoms with Gasteiger partial charge in [-0.2, -0.15) is 0 Å². The van der Waals surface area contributed by atoms with Crippen LogP contribution >= 0.6 is 11.6 Å². The van der Waals surface area contributed by atoms with Gasteiger partial charge in [-0.1, -0.05) is 16.8 Å². The molecule has 3 heterocycles. The van der Waals surface area contributed by atoms with Gasteiger partial charge < -0.3 is 24.7 Å². The molecule has 0 bridgehead atoms. The average Bonchev–Trinajstić information content (AvgIpc) is 3.51. The summed E-state index contributed by atoms with van der Waals surface area (Å²) in [5.41, 5.74) is -0.563. The number of likely N-dealkylation sites (tertiary alicyclic amines) is 1. The number of aliphatic hydroxyl groups excluding tert-OH is 1. The molecule has 0 radical (unpaired) electrons. The third-order valence-corrected chi connectivity index (χ3v) is 10.5. The summed E-state index contributed by atoms with van der Waals surface area (Å²) >= 11 is 6.67. The number of carboxylic acid groups (broad SMARTS) is 1. The van der Waals surface area contributed by atoms with E-state index >= 15 is 0 Å². The van der Waals surface area contributed by atoms with Crippen LogP contribution in [0.2, 0.25) is 5.02 Å². The van der Waals surface area contributed by atoms with E-state index in [2.05, 4.69) is 10.3 Å². The van der Waals surface area contributed by atoms with Crippen LogP contribution in [0.1, 0.15) is 80.4 Å². The van der Waals surface area contributed by atoms with Crippen LogP contribution < -0.4 is 4.74 Å². The quantitative estimate of drug-likeness (QED) is 0.448. The Hall–Kier alpha value is -3.32. The SMILES string of the molecule is Cn1nnc(COc2ccc(Cl)c3c2[C@@H](CN2CC4(CC4)CC2=O)N(C(=O)[C@@H]2C[C@H](O)CC[C@]2(C)C(=O)O)CC3)c1C(F)F. The van der Waals surface area contributed by atoms with E-state index < -0.39 is 41.8 Å². The molecule has 2 aliphatic carbocycles. The summed E-state index contributed by atoms with van der Waals surface area (Å²) in [4.78, 5) is 43.4. The largest absolute Gasteiger partial charge is 0.487 e. The number of carbonyl (C=O) groups is 3. The van der Waals surface area contributed by atoms with Gasteiger partial charge in [0.15, 0.2) is 0 Å². The highest BCUT2D eigenvalue weighted by Gasteiger charge is 2.54. The van der Waals surface area contributed by atoms with Crippen molar-refractivity contribution in [3.63, 3.8) is 0 Å². The normalized spacial score (nSPS) is 27.6. The van der Waals surface area contributed by atoms with E-state index in [1.807, 2.05) is 0 Å². The third kappa shape index (κ3) is 5.31. The summed E-state index contributed by atoms with van der Waals surface area (Å²) in [6, 6.07) is 2.51. The molecule has 2 amide bonds. The van der Waals surface area contributed by atoms with Crippen molar-refractivity contribution in [1.82, 2.24) is 24.8 Å². The number of rotatable bonds is 8. The second kappa shape index (κ2) is 11.2. The van der Waals surface area contributed by atoms with Gasteiger partial charge in [0.2, 0.25) is 11.8 Å². The van der Waals surface area contributed by atoms with E-state index in [0.717, 1.165) is 17.5 Å². The van der Waals surface area contributed by atoms with E-state index in [9.17, 15) is 33.4 Å². The fourth-order valence-corrected chi connectivity index (χ4v) is 7.53. The number of carbonyl (C=O) groups excluding carboxylic acids is 2. The second-order valence-corrected chi connectivity index (χ2v) is 13.4. The average molecular weight is 636 g/mol. The fraction of sp³-hybridized carbons (Fsp3) is 0.633. The van der Waals surface area contributed by atoms with Crippen molar-refractivity contribution in [1.29, 1.82) is 0 Å². The number of carboxylic acids is 1. The molecule has 3 fully saturated rings.